The maximum absolute atomic E-state index is 13.1. The molecule has 3 aliphatic heterocycles. The highest BCUT2D eigenvalue weighted by molar-refractivity contribution is 8.02. The SMILES string of the molecule is O=C(CC1=Cc2c(c(Cl)cc3ccccc23)OC12C=Cc1c(c(Cl)cc3ccccc13)O2)OC1CC=CS1. The number of hydrogen-bond acceptors (Lipinski definition) is 5. The number of carbonyl (C=O) groups is 1. The lowest BCUT2D eigenvalue weighted by Crippen LogP contribution is -2.46. The number of fused-ring (bicyclic) bond motifs is 6. The molecule has 0 aliphatic carbocycles. The summed E-state index contributed by atoms with van der Waals surface area (Å²) in [6.07, 6.45) is 8.38. The second-order valence-corrected chi connectivity index (χ2v) is 11.2. The Morgan fingerprint density at radius 1 is 0.947 bits per heavy atom. The zero-order valence-corrected chi connectivity index (χ0v) is 22.3. The Kier molecular flexibility index (Phi) is 5.69. The third kappa shape index (κ3) is 3.89. The standard InChI is InChI=1S/C31H20Cl2O4S/c32-25-14-18-6-1-3-8-21(18)23-11-12-31(36-29(23)25)20(17-27(34)35-28-10-5-13-38-28)16-24-22-9-4-2-7-19(22)15-26(33)30(24)37-31/h1-9,11-16,28H,10,17H2. The molecule has 0 aromatic heterocycles. The highest BCUT2D eigenvalue weighted by Gasteiger charge is 2.45. The molecule has 0 amide bonds. The number of halogens is 2. The minimum absolute atomic E-state index is 0.0256. The van der Waals surface area contributed by atoms with Crippen molar-refractivity contribution >= 4 is 74.6 Å². The van der Waals surface area contributed by atoms with Crippen molar-refractivity contribution in [1.82, 2.24) is 0 Å². The molecule has 7 rings (SSSR count). The largest absolute Gasteiger partial charge is 0.450 e. The van der Waals surface area contributed by atoms with Crippen LogP contribution in [-0.4, -0.2) is 17.2 Å². The van der Waals surface area contributed by atoms with Crippen LogP contribution in [0.25, 0.3) is 33.7 Å². The van der Waals surface area contributed by atoms with Gasteiger partial charge in [0, 0.05) is 29.2 Å². The van der Waals surface area contributed by atoms with Gasteiger partial charge in [0.15, 0.2) is 16.9 Å². The minimum Gasteiger partial charge on any atom is -0.450 e. The van der Waals surface area contributed by atoms with Gasteiger partial charge in [-0.15, -0.1) is 0 Å². The number of carbonyl (C=O) groups excluding carboxylic acids is 1. The van der Waals surface area contributed by atoms with E-state index >= 15 is 0 Å². The fraction of sp³-hybridized carbons (Fsp3) is 0.129. The molecule has 0 fully saturated rings. The smallest absolute Gasteiger partial charge is 0.311 e. The minimum atomic E-state index is -1.42. The fourth-order valence-electron chi connectivity index (χ4n) is 5.22. The lowest BCUT2D eigenvalue weighted by molar-refractivity contribution is -0.145. The van der Waals surface area contributed by atoms with Crippen molar-refractivity contribution in [3.8, 4) is 11.5 Å². The number of benzene rings is 4. The van der Waals surface area contributed by atoms with Crippen LogP contribution in [-0.2, 0) is 9.53 Å². The van der Waals surface area contributed by atoms with Gasteiger partial charge >= 0.3 is 5.97 Å². The number of rotatable bonds is 3. The van der Waals surface area contributed by atoms with Crippen molar-refractivity contribution in [2.45, 2.75) is 24.1 Å². The third-order valence-electron chi connectivity index (χ3n) is 6.99. The van der Waals surface area contributed by atoms with Crippen LogP contribution >= 0.6 is 35.0 Å². The molecule has 3 aliphatic rings. The lowest BCUT2D eigenvalue weighted by atomic mass is 9.90. The normalized spacial score (nSPS) is 21.1. The molecule has 0 saturated carbocycles. The Labute approximate surface area is 233 Å². The first-order valence-electron chi connectivity index (χ1n) is 12.2. The first-order chi connectivity index (χ1) is 18.5. The number of esters is 1. The molecular weight excluding hydrogens is 539 g/mol. The van der Waals surface area contributed by atoms with E-state index in [4.69, 9.17) is 37.4 Å². The highest BCUT2D eigenvalue weighted by atomic mass is 35.5. The van der Waals surface area contributed by atoms with Crippen LogP contribution in [0.2, 0.25) is 10.0 Å². The average molecular weight is 559 g/mol. The van der Waals surface area contributed by atoms with Crippen LogP contribution in [0.3, 0.4) is 0 Å². The third-order valence-corrected chi connectivity index (χ3v) is 8.49. The summed E-state index contributed by atoms with van der Waals surface area (Å²) in [6, 6.07) is 19.7. The van der Waals surface area contributed by atoms with Gasteiger partial charge in [-0.2, -0.15) is 0 Å². The number of thioether (sulfide) groups is 1. The molecule has 4 nitrogen and oxygen atoms in total. The molecule has 3 heterocycles. The molecule has 0 radical (unpaired) electrons. The summed E-state index contributed by atoms with van der Waals surface area (Å²) in [6.45, 7) is 0. The topological polar surface area (TPSA) is 44.8 Å². The van der Waals surface area contributed by atoms with Crippen molar-refractivity contribution in [1.29, 1.82) is 0 Å². The maximum atomic E-state index is 13.1. The molecule has 38 heavy (non-hydrogen) atoms. The summed E-state index contributed by atoms with van der Waals surface area (Å²) in [7, 11) is 0. The first kappa shape index (κ1) is 23.7. The van der Waals surface area contributed by atoms with E-state index in [2.05, 4.69) is 0 Å². The molecule has 4 aromatic carbocycles. The lowest BCUT2D eigenvalue weighted by Gasteiger charge is -2.40. The van der Waals surface area contributed by atoms with Gasteiger partial charge in [-0.25, -0.2) is 0 Å². The Balaban J connectivity index is 1.37. The average Bonchev–Trinajstić information content (AvgIpc) is 3.43. The van der Waals surface area contributed by atoms with Crippen molar-refractivity contribution in [3.05, 3.63) is 105 Å². The maximum Gasteiger partial charge on any atom is 0.311 e. The monoisotopic (exact) mass is 558 g/mol. The summed E-state index contributed by atoms with van der Waals surface area (Å²) >= 11 is 15.0. The fourth-order valence-corrected chi connectivity index (χ4v) is 6.51. The van der Waals surface area contributed by atoms with E-state index in [1.54, 1.807) is 0 Å². The molecule has 4 aromatic rings. The molecule has 0 saturated heterocycles. The van der Waals surface area contributed by atoms with Gasteiger partial charge in [0.25, 0.3) is 5.79 Å². The van der Waals surface area contributed by atoms with Gasteiger partial charge < -0.3 is 14.2 Å². The van der Waals surface area contributed by atoms with E-state index in [9.17, 15) is 4.79 Å². The summed E-state index contributed by atoms with van der Waals surface area (Å²) < 4.78 is 19.0. The Hall–Kier alpha value is -3.38. The molecule has 2 atom stereocenters. The van der Waals surface area contributed by atoms with Gasteiger partial charge in [-0.1, -0.05) is 89.6 Å². The van der Waals surface area contributed by atoms with Gasteiger partial charge in [-0.3, -0.25) is 4.79 Å². The molecule has 1 spiro atoms. The Morgan fingerprint density at radius 3 is 2.24 bits per heavy atom. The van der Waals surface area contributed by atoms with Crippen LogP contribution in [0.1, 0.15) is 24.0 Å². The Morgan fingerprint density at radius 2 is 1.58 bits per heavy atom. The predicted molar refractivity (Wildman–Crippen MR) is 155 cm³/mol. The van der Waals surface area contributed by atoms with Crippen LogP contribution in [0, 0.1) is 0 Å². The summed E-state index contributed by atoms with van der Waals surface area (Å²) in [5.74, 6) is -0.799. The molecule has 0 bridgehead atoms. The van der Waals surface area contributed by atoms with Gasteiger partial charge in [0.1, 0.15) is 0 Å². The quantitative estimate of drug-likeness (QED) is 0.235. The van der Waals surface area contributed by atoms with Crippen molar-refractivity contribution < 1.29 is 19.0 Å². The van der Waals surface area contributed by atoms with Crippen LogP contribution in [0.15, 0.2) is 83.8 Å². The second kappa shape index (κ2) is 9.12. The van der Waals surface area contributed by atoms with Gasteiger partial charge in [-0.05, 0) is 51.2 Å². The van der Waals surface area contributed by atoms with E-state index in [1.165, 1.54) is 11.8 Å². The van der Waals surface area contributed by atoms with Crippen molar-refractivity contribution in [2.24, 2.45) is 0 Å². The summed E-state index contributed by atoms with van der Waals surface area (Å²) in [5.41, 5.74) is 2.03. The highest BCUT2D eigenvalue weighted by Crippen LogP contribution is 2.50. The van der Waals surface area contributed by atoms with Crippen molar-refractivity contribution in [3.63, 3.8) is 0 Å². The van der Waals surface area contributed by atoms with E-state index in [1.807, 2.05) is 90.4 Å². The van der Waals surface area contributed by atoms with Crippen molar-refractivity contribution in [2.75, 3.05) is 0 Å². The zero-order valence-electron chi connectivity index (χ0n) is 19.9. The molecule has 7 heteroatoms. The molecular formula is C31H20Cl2O4S. The van der Waals surface area contributed by atoms with E-state index in [0.29, 0.717) is 33.5 Å². The van der Waals surface area contributed by atoms with E-state index in [-0.39, 0.29) is 17.8 Å². The van der Waals surface area contributed by atoms with Crippen LogP contribution in [0.5, 0.6) is 11.5 Å². The van der Waals surface area contributed by atoms with Gasteiger partial charge in [0.2, 0.25) is 0 Å². The van der Waals surface area contributed by atoms with Gasteiger partial charge in [0.05, 0.1) is 16.5 Å². The summed E-state index contributed by atoms with van der Waals surface area (Å²) in [4.78, 5) is 13.1. The number of ether oxygens (including phenoxy) is 3. The zero-order chi connectivity index (χ0) is 25.9. The summed E-state index contributed by atoms with van der Waals surface area (Å²) in [5, 5.41) is 6.81. The second-order valence-electron chi connectivity index (χ2n) is 9.36. The molecule has 188 valence electrons. The van der Waals surface area contributed by atoms with Crippen LogP contribution < -0.4 is 9.47 Å². The number of hydrogen-bond donors (Lipinski definition) is 0. The molecule has 0 N–H and O–H groups in total. The van der Waals surface area contributed by atoms with E-state index < -0.39 is 5.79 Å². The van der Waals surface area contributed by atoms with E-state index in [0.717, 1.165) is 32.7 Å². The predicted octanol–water partition coefficient (Wildman–Crippen LogP) is 8.79. The molecule has 2 unspecified atom stereocenters. The first-order valence-corrected chi connectivity index (χ1v) is 13.9. The Bertz CT molecular complexity index is 1730. The van der Waals surface area contributed by atoms with Crippen LogP contribution in [0.4, 0.5) is 0 Å².